The second-order valence-electron chi connectivity index (χ2n) is 5.19. The largest absolute Gasteiger partial charge is 0.377 e. The van der Waals surface area contributed by atoms with Gasteiger partial charge in [-0.2, -0.15) is 0 Å². The van der Waals surface area contributed by atoms with E-state index in [0.717, 1.165) is 19.3 Å². The van der Waals surface area contributed by atoms with E-state index in [-0.39, 0.29) is 12.1 Å². The van der Waals surface area contributed by atoms with Crippen molar-refractivity contribution in [1.82, 2.24) is 4.31 Å². The fourth-order valence-corrected chi connectivity index (χ4v) is 3.43. The second kappa shape index (κ2) is 6.84. The van der Waals surface area contributed by atoms with Gasteiger partial charge in [-0.15, -0.1) is 0 Å². The normalized spacial score (nSPS) is 25.9. The van der Waals surface area contributed by atoms with Crippen LogP contribution in [0.25, 0.3) is 0 Å². The Labute approximate surface area is 111 Å². The third-order valence-corrected chi connectivity index (χ3v) is 4.86. The van der Waals surface area contributed by atoms with E-state index in [1.807, 2.05) is 13.8 Å². The summed E-state index contributed by atoms with van der Waals surface area (Å²) in [6, 6.07) is -0.0190. The number of sulfonamides is 1. The Kier molecular flexibility index (Phi) is 6.04. The van der Waals surface area contributed by atoms with Crippen LogP contribution in [0.3, 0.4) is 0 Å². The monoisotopic (exact) mass is 278 g/mol. The number of nitrogens with two attached hydrogens (primary N) is 1. The van der Waals surface area contributed by atoms with Crippen LogP contribution in [-0.4, -0.2) is 50.8 Å². The molecule has 0 aromatic rings. The third-order valence-electron chi connectivity index (χ3n) is 3.59. The molecule has 1 fully saturated rings. The summed E-state index contributed by atoms with van der Waals surface area (Å²) in [6.07, 6.45) is 4.11. The molecular weight excluding hydrogens is 252 g/mol. The molecule has 0 saturated carbocycles. The molecule has 5 nitrogen and oxygen atoms in total. The highest BCUT2D eigenvalue weighted by atomic mass is 32.2. The molecule has 108 valence electrons. The lowest BCUT2D eigenvalue weighted by Crippen LogP contribution is -2.43. The van der Waals surface area contributed by atoms with Crippen molar-refractivity contribution in [1.29, 1.82) is 0 Å². The lowest BCUT2D eigenvalue weighted by atomic mass is 9.91. The number of rotatable bonds is 6. The van der Waals surface area contributed by atoms with Gasteiger partial charge < -0.3 is 10.5 Å². The number of ether oxygens (including phenoxy) is 1. The Morgan fingerprint density at radius 1 is 1.50 bits per heavy atom. The van der Waals surface area contributed by atoms with Gasteiger partial charge in [0.05, 0.1) is 12.4 Å². The van der Waals surface area contributed by atoms with Crippen LogP contribution in [-0.2, 0) is 14.8 Å². The Bertz CT molecular complexity index is 345. The molecule has 3 unspecified atom stereocenters. The highest BCUT2D eigenvalue weighted by molar-refractivity contribution is 7.88. The topological polar surface area (TPSA) is 72.6 Å². The van der Waals surface area contributed by atoms with Crippen molar-refractivity contribution < 1.29 is 13.2 Å². The van der Waals surface area contributed by atoms with Gasteiger partial charge in [0, 0.05) is 25.7 Å². The quantitative estimate of drug-likeness (QED) is 0.780. The summed E-state index contributed by atoms with van der Waals surface area (Å²) < 4.78 is 30.1. The maximum atomic E-state index is 11.5. The van der Waals surface area contributed by atoms with Crippen LogP contribution in [0, 0.1) is 5.92 Å². The first-order valence-electron chi connectivity index (χ1n) is 6.67. The van der Waals surface area contributed by atoms with Gasteiger partial charge in [0.1, 0.15) is 0 Å². The molecule has 0 aromatic heterocycles. The smallest absolute Gasteiger partial charge is 0.211 e. The molecule has 0 spiro atoms. The van der Waals surface area contributed by atoms with Gasteiger partial charge in [0.15, 0.2) is 0 Å². The highest BCUT2D eigenvalue weighted by Crippen LogP contribution is 2.23. The maximum Gasteiger partial charge on any atom is 0.211 e. The minimum absolute atomic E-state index is 0.0190. The zero-order valence-electron chi connectivity index (χ0n) is 11.6. The SMILES string of the molecule is CCOC(C)C(N)CC1CCCN(S(C)(=O)=O)C1. The van der Waals surface area contributed by atoms with Crippen molar-refractivity contribution >= 4 is 10.0 Å². The first-order valence-corrected chi connectivity index (χ1v) is 8.51. The van der Waals surface area contributed by atoms with Gasteiger partial charge in [0.25, 0.3) is 0 Å². The molecule has 6 heteroatoms. The molecular formula is C12H26N2O3S. The fraction of sp³-hybridized carbons (Fsp3) is 1.00. The van der Waals surface area contributed by atoms with E-state index >= 15 is 0 Å². The number of nitrogens with zero attached hydrogens (tertiary/aromatic N) is 1. The fourth-order valence-electron chi connectivity index (χ4n) is 2.48. The summed E-state index contributed by atoms with van der Waals surface area (Å²) in [4.78, 5) is 0. The number of hydrogen-bond donors (Lipinski definition) is 1. The third kappa shape index (κ3) is 4.84. The zero-order chi connectivity index (χ0) is 13.8. The molecule has 1 saturated heterocycles. The zero-order valence-corrected chi connectivity index (χ0v) is 12.4. The standard InChI is InChI=1S/C12H26N2O3S/c1-4-17-10(2)12(13)8-11-6-5-7-14(9-11)18(3,15)16/h10-12H,4-9,13H2,1-3H3. The average Bonchev–Trinajstić information content (AvgIpc) is 2.28. The van der Waals surface area contributed by atoms with E-state index in [1.54, 1.807) is 4.31 Å². The van der Waals surface area contributed by atoms with E-state index in [4.69, 9.17) is 10.5 Å². The first-order chi connectivity index (χ1) is 8.34. The number of piperidine rings is 1. The molecule has 0 radical (unpaired) electrons. The van der Waals surface area contributed by atoms with Gasteiger partial charge >= 0.3 is 0 Å². The van der Waals surface area contributed by atoms with Crippen LogP contribution >= 0.6 is 0 Å². The molecule has 0 bridgehead atoms. The lowest BCUT2D eigenvalue weighted by molar-refractivity contribution is 0.0487. The Hall–Kier alpha value is -0.170. The van der Waals surface area contributed by atoms with E-state index < -0.39 is 10.0 Å². The molecule has 1 aliphatic rings. The van der Waals surface area contributed by atoms with Gasteiger partial charge in [-0.1, -0.05) is 0 Å². The van der Waals surface area contributed by atoms with E-state index in [2.05, 4.69) is 0 Å². The Morgan fingerprint density at radius 3 is 2.72 bits per heavy atom. The minimum atomic E-state index is -3.06. The summed E-state index contributed by atoms with van der Waals surface area (Å²) in [5.41, 5.74) is 6.10. The van der Waals surface area contributed by atoms with Crippen molar-refractivity contribution in [3.63, 3.8) is 0 Å². The van der Waals surface area contributed by atoms with Gasteiger partial charge in [-0.25, -0.2) is 12.7 Å². The molecule has 1 heterocycles. The van der Waals surface area contributed by atoms with Crippen LogP contribution < -0.4 is 5.73 Å². The maximum absolute atomic E-state index is 11.5. The van der Waals surface area contributed by atoms with Crippen molar-refractivity contribution in [2.75, 3.05) is 26.0 Å². The van der Waals surface area contributed by atoms with Crippen molar-refractivity contribution in [3.05, 3.63) is 0 Å². The predicted octanol–water partition coefficient (Wildman–Crippen LogP) is 0.800. The first kappa shape index (κ1) is 15.9. The van der Waals surface area contributed by atoms with E-state index in [1.165, 1.54) is 6.26 Å². The molecule has 1 rings (SSSR count). The molecule has 0 aliphatic carbocycles. The molecule has 18 heavy (non-hydrogen) atoms. The molecule has 0 amide bonds. The summed E-state index contributed by atoms with van der Waals surface area (Å²) >= 11 is 0. The van der Waals surface area contributed by atoms with Gasteiger partial charge in [0.2, 0.25) is 10.0 Å². The van der Waals surface area contributed by atoms with Crippen molar-refractivity contribution in [2.24, 2.45) is 11.7 Å². The Morgan fingerprint density at radius 2 is 2.17 bits per heavy atom. The van der Waals surface area contributed by atoms with E-state index in [9.17, 15) is 8.42 Å². The summed E-state index contributed by atoms with van der Waals surface area (Å²) in [5, 5.41) is 0. The number of hydrogen-bond acceptors (Lipinski definition) is 4. The second-order valence-corrected chi connectivity index (χ2v) is 7.17. The molecule has 2 N–H and O–H groups in total. The van der Waals surface area contributed by atoms with Crippen LogP contribution in [0.5, 0.6) is 0 Å². The molecule has 1 aliphatic heterocycles. The van der Waals surface area contributed by atoms with Crippen LogP contribution in [0.1, 0.15) is 33.1 Å². The summed E-state index contributed by atoms with van der Waals surface area (Å²) in [6.45, 7) is 5.84. The summed E-state index contributed by atoms with van der Waals surface area (Å²) in [5.74, 6) is 0.353. The minimum Gasteiger partial charge on any atom is -0.377 e. The van der Waals surface area contributed by atoms with Crippen molar-refractivity contribution in [2.45, 2.75) is 45.3 Å². The molecule has 0 aromatic carbocycles. The highest BCUT2D eigenvalue weighted by Gasteiger charge is 2.28. The van der Waals surface area contributed by atoms with Crippen LogP contribution in [0.2, 0.25) is 0 Å². The van der Waals surface area contributed by atoms with Crippen LogP contribution in [0.15, 0.2) is 0 Å². The predicted molar refractivity (Wildman–Crippen MR) is 72.8 cm³/mol. The Balaban J connectivity index is 2.47. The van der Waals surface area contributed by atoms with Crippen molar-refractivity contribution in [3.8, 4) is 0 Å². The van der Waals surface area contributed by atoms with Gasteiger partial charge in [-0.05, 0) is 39.0 Å². The molecule has 3 atom stereocenters. The lowest BCUT2D eigenvalue weighted by Gasteiger charge is -2.33. The van der Waals surface area contributed by atoms with Crippen LogP contribution in [0.4, 0.5) is 0 Å². The summed E-state index contributed by atoms with van der Waals surface area (Å²) in [7, 11) is -3.06. The van der Waals surface area contributed by atoms with E-state index in [0.29, 0.717) is 25.6 Å². The van der Waals surface area contributed by atoms with Gasteiger partial charge in [-0.3, -0.25) is 0 Å². The average molecular weight is 278 g/mol.